The van der Waals surface area contributed by atoms with Gasteiger partial charge in [-0.2, -0.15) is 0 Å². The van der Waals surface area contributed by atoms with Gasteiger partial charge in [-0.05, 0) is 112 Å². The van der Waals surface area contributed by atoms with Crippen molar-refractivity contribution >= 4 is 65.4 Å². The molecule has 0 radical (unpaired) electrons. The number of aromatic nitrogens is 6. The summed E-state index contributed by atoms with van der Waals surface area (Å²) in [6, 6.07) is 112. The fourth-order valence-electron chi connectivity index (χ4n) is 14.3. The Hall–Kier alpha value is -11.7. The van der Waals surface area contributed by atoms with Gasteiger partial charge in [0.2, 0.25) is 0 Å². The summed E-state index contributed by atoms with van der Waals surface area (Å²) in [5.41, 5.74) is 23.4. The third-order valence-electron chi connectivity index (χ3n) is 18.2. The smallest absolute Gasteiger partial charge is 0.164 e. The molecule has 0 bridgehead atoms. The first-order chi connectivity index (χ1) is 43.7. The van der Waals surface area contributed by atoms with E-state index in [1.807, 2.05) is 36.4 Å². The Bertz CT molecular complexity index is 5450. The van der Waals surface area contributed by atoms with E-state index in [9.17, 15) is 0 Å². The monoisotopic (exact) mass is 1120 g/mol. The molecule has 0 amide bonds. The van der Waals surface area contributed by atoms with Crippen molar-refractivity contribution in [3.05, 3.63) is 326 Å². The van der Waals surface area contributed by atoms with Gasteiger partial charge in [0.15, 0.2) is 17.5 Å². The third kappa shape index (κ3) is 7.79. The highest BCUT2D eigenvalue weighted by atomic mass is 15.0. The van der Waals surface area contributed by atoms with Crippen LogP contribution in [0.25, 0.3) is 150 Å². The molecule has 88 heavy (non-hydrogen) atoms. The molecule has 4 aromatic heterocycles. The zero-order valence-electron chi connectivity index (χ0n) is 47.7. The lowest BCUT2D eigenvalue weighted by molar-refractivity contribution is 1.02. The molecule has 1 aliphatic carbocycles. The minimum absolute atomic E-state index is 0.0880. The minimum Gasteiger partial charge on any atom is -0.309 e. The van der Waals surface area contributed by atoms with Gasteiger partial charge in [-0.15, -0.1) is 0 Å². The molecule has 410 valence electrons. The van der Waals surface area contributed by atoms with Crippen molar-refractivity contribution in [3.8, 4) is 84.6 Å². The van der Waals surface area contributed by atoms with Crippen LogP contribution >= 0.6 is 0 Å². The molecule has 0 aliphatic heterocycles. The molecule has 0 saturated carbocycles. The minimum atomic E-state index is 0.0880. The van der Waals surface area contributed by atoms with Crippen molar-refractivity contribution in [2.45, 2.75) is 5.92 Å². The fourth-order valence-corrected chi connectivity index (χ4v) is 14.3. The van der Waals surface area contributed by atoms with Crippen molar-refractivity contribution in [2.24, 2.45) is 0 Å². The lowest BCUT2D eigenvalue weighted by atomic mass is 9.87. The lowest BCUT2D eigenvalue weighted by Gasteiger charge is -2.22. The van der Waals surface area contributed by atoms with Crippen LogP contribution in [-0.2, 0) is 0 Å². The van der Waals surface area contributed by atoms with Gasteiger partial charge in [-0.3, -0.25) is 0 Å². The first-order valence-corrected chi connectivity index (χ1v) is 30.1. The van der Waals surface area contributed by atoms with Gasteiger partial charge in [-0.25, -0.2) is 15.0 Å². The van der Waals surface area contributed by atoms with Gasteiger partial charge < -0.3 is 13.7 Å². The average molecular weight is 1120 g/mol. The number of para-hydroxylation sites is 5. The van der Waals surface area contributed by atoms with Gasteiger partial charge >= 0.3 is 0 Å². The molecular formula is C82H52N6. The van der Waals surface area contributed by atoms with Crippen LogP contribution in [0.3, 0.4) is 0 Å². The summed E-state index contributed by atoms with van der Waals surface area (Å²) in [5.74, 6) is 1.88. The third-order valence-corrected chi connectivity index (χ3v) is 18.2. The quantitative estimate of drug-likeness (QED) is 0.145. The Morgan fingerprint density at radius 3 is 1.09 bits per heavy atom. The summed E-state index contributed by atoms with van der Waals surface area (Å²) in [5, 5.41) is 7.21. The molecule has 0 spiro atoms. The van der Waals surface area contributed by atoms with Crippen molar-refractivity contribution in [1.82, 2.24) is 28.7 Å². The number of hydrogen-bond donors (Lipinski definition) is 0. The fraction of sp³-hybridized carbons (Fsp3) is 0.0122. The number of nitrogens with zero attached hydrogens (tertiary/aromatic N) is 6. The Kier molecular flexibility index (Phi) is 11.3. The van der Waals surface area contributed by atoms with Crippen molar-refractivity contribution in [3.63, 3.8) is 0 Å². The Morgan fingerprint density at radius 2 is 0.591 bits per heavy atom. The normalized spacial score (nSPS) is 12.3. The van der Waals surface area contributed by atoms with E-state index in [1.165, 1.54) is 60.1 Å². The van der Waals surface area contributed by atoms with Gasteiger partial charge in [0.05, 0.1) is 38.8 Å². The largest absolute Gasteiger partial charge is 0.309 e. The maximum atomic E-state index is 5.43. The average Bonchev–Trinajstić information content (AvgIpc) is 1.56. The maximum Gasteiger partial charge on any atom is 0.164 e. The molecule has 0 fully saturated rings. The van der Waals surface area contributed by atoms with E-state index in [2.05, 4.69) is 287 Å². The highest BCUT2D eigenvalue weighted by Gasteiger charge is 2.30. The van der Waals surface area contributed by atoms with E-state index in [0.717, 1.165) is 89.1 Å². The molecule has 4 heterocycles. The predicted molar refractivity (Wildman–Crippen MR) is 363 cm³/mol. The molecule has 1 aliphatic rings. The standard InChI is InChI=1S/C82H52N6/c1-4-22-55(23-5-1)80-83-81(56-24-6-2-7-25-56)85-82(84-80)57-48-68(52-40-42-54(43-41-52)78-66-34-12-10-28-60(66)61-29-11-13-35-67(61)78)79(69(49-57)53-44-46-59(47-45-53)86-72-36-18-14-30-62(72)63-31-15-19-37-73(63)86)88-75-39-21-17-33-65(75)71-50-70-64-32-16-20-38-74(64)87(76(70)51-77(71)88)58-26-8-3-9-27-58/h1-51,78H. The van der Waals surface area contributed by atoms with Gasteiger partial charge in [0, 0.05) is 77.4 Å². The Balaban J connectivity index is 0.950. The molecule has 0 atom stereocenters. The second-order valence-electron chi connectivity index (χ2n) is 23.0. The second kappa shape index (κ2) is 19.9. The highest BCUT2D eigenvalue weighted by molar-refractivity contribution is 6.20. The molecule has 6 nitrogen and oxygen atoms in total. The van der Waals surface area contributed by atoms with Crippen molar-refractivity contribution in [2.75, 3.05) is 0 Å². The molecule has 0 N–H and O–H groups in total. The predicted octanol–water partition coefficient (Wildman–Crippen LogP) is 20.7. The van der Waals surface area contributed by atoms with E-state index >= 15 is 0 Å². The first kappa shape index (κ1) is 49.7. The van der Waals surface area contributed by atoms with Crippen LogP contribution in [0.4, 0.5) is 0 Å². The second-order valence-corrected chi connectivity index (χ2v) is 23.0. The van der Waals surface area contributed by atoms with Crippen LogP contribution in [0.15, 0.2) is 309 Å². The van der Waals surface area contributed by atoms with Crippen molar-refractivity contribution in [1.29, 1.82) is 0 Å². The number of rotatable bonds is 9. The van der Waals surface area contributed by atoms with Crippen molar-refractivity contribution < 1.29 is 0 Å². The zero-order chi connectivity index (χ0) is 57.8. The lowest BCUT2D eigenvalue weighted by Crippen LogP contribution is -2.05. The van der Waals surface area contributed by atoms with Crippen LogP contribution < -0.4 is 0 Å². The Morgan fingerprint density at radius 1 is 0.227 bits per heavy atom. The van der Waals surface area contributed by atoms with Crippen LogP contribution in [0.1, 0.15) is 22.6 Å². The SMILES string of the molecule is c1ccc(-c2nc(-c3ccccc3)nc(-c3cc(-c4ccc(C5c6ccccc6-c6ccccc65)cc4)c(-n4c5ccccc5c5cc6c7ccccc7n(-c7ccccc7)c6cc54)c(-c4ccc(-n5c6ccccc6c6ccccc65)cc4)c3)n2)cc1. The van der Waals surface area contributed by atoms with E-state index in [0.29, 0.717) is 17.5 Å². The number of fused-ring (bicyclic) bond motifs is 12. The summed E-state index contributed by atoms with van der Waals surface area (Å²) in [4.78, 5) is 16.1. The van der Waals surface area contributed by atoms with Crippen LogP contribution in [0.2, 0.25) is 0 Å². The molecule has 13 aromatic carbocycles. The summed E-state index contributed by atoms with van der Waals surface area (Å²) >= 11 is 0. The molecular weight excluding hydrogens is 1070 g/mol. The van der Waals surface area contributed by atoms with Gasteiger partial charge in [0.1, 0.15) is 0 Å². The van der Waals surface area contributed by atoms with Gasteiger partial charge in [-0.1, -0.05) is 237 Å². The van der Waals surface area contributed by atoms with Gasteiger partial charge in [0.25, 0.3) is 0 Å². The number of hydrogen-bond acceptors (Lipinski definition) is 3. The summed E-state index contributed by atoms with van der Waals surface area (Å²) in [6.45, 7) is 0. The Labute approximate surface area is 507 Å². The molecule has 18 rings (SSSR count). The van der Waals surface area contributed by atoms with E-state index in [1.54, 1.807) is 0 Å². The molecule has 0 unspecified atom stereocenters. The first-order valence-electron chi connectivity index (χ1n) is 30.1. The van der Waals surface area contributed by atoms with E-state index in [-0.39, 0.29) is 5.92 Å². The van der Waals surface area contributed by atoms with Crippen LogP contribution in [-0.4, -0.2) is 28.7 Å². The summed E-state index contributed by atoms with van der Waals surface area (Å²) in [6.07, 6.45) is 0. The molecule has 17 aromatic rings. The topological polar surface area (TPSA) is 53.5 Å². The number of benzene rings is 13. The maximum absolute atomic E-state index is 5.43. The van der Waals surface area contributed by atoms with Crippen LogP contribution in [0.5, 0.6) is 0 Å². The van der Waals surface area contributed by atoms with E-state index < -0.39 is 0 Å². The summed E-state index contributed by atoms with van der Waals surface area (Å²) < 4.78 is 7.37. The highest BCUT2D eigenvalue weighted by Crippen LogP contribution is 2.50. The summed E-state index contributed by atoms with van der Waals surface area (Å²) in [7, 11) is 0. The van der Waals surface area contributed by atoms with E-state index in [4.69, 9.17) is 15.0 Å². The molecule has 0 saturated heterocycles. The van der Waals surface area contributed by atoms with Crippen LogP contribution in [0, 0.1) is 0 Å². The zero-order valence-corrected chi connectivity index (χ0v) is 47.7. The molecule has 6 heteroatoms.